The lowest BCUT2D eigenvalue weighted by Gasteiger charge is -1.99. The van der Waals surface area contributed by atoms with Gasteiger partial charge < -0.3 is 0 Å². The van der Waals surface area contributed by atoms with E-state index in [1.54, 1.807) is 0 Å². The molecule has 70 valence electrons. The highest BCUT2D eigenvalue weighted by atomic mass is 14.0. The summed E-state index contributed by atoms with van der Waals surface area (Å²) < 4.78 is 0. The second-order valence-electron chi connectivity index (χ2n) is 3.26. The lowest BCUT2D eigenvalue weighted by atomic mass is 10.1. The molecule has 0 saturated carbocycles. The van der Waals surface area contributed by atoms with E-state index in [1.807, 2.05) is 0 Å². The molecule has 0 saturated heterocycles. The summed E-state index contributed by atoms with van der Waals surface area (Å²) in [6.07, 6.45) is 7.80. The molecule has 0 unspecified atom stereocenters. The van der Waals surface area contributed by atoms with E-state index in [1.165, 1.54) is 11.1 Å². The van der Waals surface area contributed by atoms with E-state index in [9.17, 15) is 0 Å². The molecule has 0 aromatic heterocycles. The zero-order chi connectivity index (χ0) is 9.52. The van der Waals surface area contributed by atoms with Crippen LogP contribution >= 0.6 is 0 Å². The summed E-state index contributed by atoms with van der Waals surface area (Å²) in [5.74, 6) is 0. The number of hydrogen-bond donors (Lipinski definition) is 0. The van der Waals surface area contributed by atoms with Crippen molar-refractivity contribution in [2.45, 2.75) is 33.1 Å². The van der Waals surface area contributed by atoms with Crippen LogP contribution < -0.4 is 0 Å². The van der Waals surface area contributed by atoms with Crippen molar-refractivity contribution >= 4 is 0 Å². The van der Waals surface area contributed by atoms with Crippen molar-refractivity contribution in [1.82, 2.24) is 0 Å². The Labute approximate surface area is 81.3 Å². The standard InChI is InChI=1S/C13H18/c1-3-5-6-8-13-10-7-9-12(4-2)11-13/h5-7,9-11H,3-4,8H2,1-2H3. The van der Waals surface area contributed by atoms with Crippen LogP contribution in [0.5, 0.6) is 0 Å². The Balaban J connectivity index is 2.61. The zero-order valence-corrected chi connectivity index (χ0v) is 8.59. The normalized spacial score (nSPS) is 10.9. The lowest BCUT2D eigenvalue weighted by molar-refractivity contribution is 1.11. The van der Waals surface area contributed by atoms with Crippen molar-refractivity contribution in [3.63, 3.8) is 0 Å². The molecule has 0 fully saturated rings. The van der Waals surface area contributed by atoms with Gasteiger partial charge in [0.2, 0.25) is 0 Å². The Bertz CT molecular complexity index is 271. The van der Waals surface area contributed by atoms with Crippen LogP contribution in [0.2, 0.25) is 0 Å². The summed E-state index contributed by atoms with van der Waals surface area (Å²) in [6, 6.07) is 8.82. The monoisotopic (exact) mass is 174 g/mol. The van der Waals surface area contributed by atoms with Gasteiger partial charge in [0.05, 0.1) is 0 Å². The van der Waals surface area contributed by atoms with Crippen molar-refractivity contribution in [3.05, 3.63) is 47.5 Å². The molecule has 0 radical (unpaired) electrons. The Morgan fingerprint density at radius 1 is 1.08 bits per heavy atom. The molecular formula is C13H18. The fourth-order valence-corrected chi connectivity index (χ4v) is 1.36. The summed E-state index contributed by atoms with van der Waals surface area (Å²) in [5.41, 5.74) is 2.85. The summed E-state index contributed by atoms with van der Waals surface area (Å²) in [7, 11) is 0. The maximum Gasteiger partial charge on any atom is -0.00974 e. The van der Waals surface area contributed by atoms with E-state index in [2.05, 4.69) is 50.3 Å². The van der Waals surface area contributed by atoms with Crippen molar-refractivity contribution < 1.29 is 0 Å². The smallest absolute Gasteiger partial charge is 0.00974 e. The van der Waals surface area contributed by atoms with E-state index < -0.39 is 0 Å². The first-order valence-electron chi connectivity index (χ1n) is 5.09. The van der Waals surface area contributed by atoms with E-state index >= 15 is 0 Å². The summed E-state index contributed by atoms with van der Waals surface area (Å²) >= 11 is 0. The minimum atomic E-state index is 1.07. The predicted octanol–water partition coefficient (Wildman–Crippen LogP) is 3.76. The zero-order valence-electron chi connectivity index (χ0n) is 8.59. The van der Waals surface area contributed by atoms with Gasteiger partial charge in [0.15, 0.2) is 0 Å². The first-order chi connectivity index (χ1) is 6.36. The van der Waals surface area contributed by atoms with Gasteiger partial charge in [0.1, 0.15) is 0 Å². The van der Waals surface area contributed by atoms with Gasteiger partial charge in [0.25, 0.3) is 0 Å². The van der Waals surface area contributed by atoms with E-state index in [0.29, 0.717) is 0 Å². The van der Waals surface area contributed by atoms with Gasteiger partial charge in [0, 0.05) is 0 Å². The molecule has 1 rings (SSSR count). The quantitative estimate of drug-likeness (QED) is 0.610. The van der Waals surface area contributed by atoms with Crippen LogP contribution in [0.25, 0.3) is 0 Å². The van der Waals surface area contributed by atoms with Crippen LogP contribution in [-0.4, -0.2) is 0 Å². The highest BCUT2D eigenvalue weighted by Gasteiger charge is 1.91. The summed E-state index contributed by atoms with van der Waals surface area (Å²) in [4.78, 5) is 0. The molecule has 0 nitrogen and oxygen atoms in total. The largest absolute Gasteiger partial charge is 0.0885 e. The molecule has 0 heterocycles. The van der Waals surface area contributed by atoms with Gasteiger partial charge in [-0.1, -0.05) is 50.3 Å². The fraction of sp³-hybridized carbons (Fsp3) is 0.385. The number of benzene rings is 1. The second-order valence-corrected chi connectivity index (χ2v) is 3.26. The third kappa shape index (κ3) is 3.45. The maximum atomic E-state index is 2.29. The molecule has 0 bridgehead atoms. The average molecular weight is 174 g/mol. The van der Waals surface area contributed by atoms with Crippen molar-refractivity contribution in [2.75, 3.05) is 0 Å². The SMILES string of the molecule is CCC=CCc1cccc(CC)c1. The minimum absolute atomic E-state index is 1.07. The van der Waals surface area contributed by atoms with E-state index in [4.69, 9.17) is 0 Å². The van der Waals surface area contributed by atoms with Crippen LogP contribution in [0.15, 0.2) is 36.4 Å². The summed E-state index contributed by atoms with van der Waals surface area (Å²) in [5, 5.41) is 0. The van der Waals surface area contributed by atoms with Gasteiger partial charge >= 0.3 is 0 Å². The van der Waals surface area contributed by atoms with Crippen LogP contribution in [0.4, 0.5) is 0 Å². The molecule has 0 amide bonds. The van der Waals surface area contributed by atoms with Gasteiger partial charge in [-0.15, -0.1) is 0 Å². The molecule has 1 aromatic rings. The molecule has 0 spiro atoms. The Hall–Kier alpha value is -1.04. The molecule has 1 aromatic carbocycles. The van der Waals surface area contributed by atoms with E-state index in [0.717, 1.165) is 19.3 Å². The van der Waals surface area contributed by atoms with Gasteiger partial charge in [-0.05, 0) is 30.4 Å². The third-order valence-corrected chi connectivity index (χ3v) is 2.16. The Morgan fingerprint density at radius 3 is 2.54 bits per heavy atom. The molecule has 0 heteroatoms. The molecule has 13 heavy (non-hydrogen) atoms. The average Bonchev–Trinajstić information content (AvgIpc) is 2.19. The van der Waals surface area contributed by atoms with Crippen molar-refractivity contribution in [1.29, 1.82) is 0 Å². The van der Waals surface area contributed by atoms with Crippen molar-refractivity contribution in [3.8, 4) is 0 Å². The van der Waals surface area contributed by atoms with Gasteiger partial charge in [-0.3, -0.25) is 0 Å². The topological polar surface area (TPSA) is 0 Å². The molecule has 0 atom stereocenters. The summed E-state index contributed by atoms with van der Waals surface area (Å²) in [6.45, 7) is 4.36. The Morgan fingerprint density at radius 2 is 1.85 bits per heavy atom. The maximum absolute atomic E-state index is 2.29. The van der Waals surface area contributed by atoms with Crippen LogP contribution in [0.1, 0.15) is 31.4 Å². The van der Waals surface area contributed by atoms with Gasteiger partial charge in [-0.2, -0.15) is 0 Å². The molecule has 0 aliphatic heterocycles. The van der Waals surface area contributed by atoms with Crippen LogP contribution in [-0.2, 0) is 12.8 Å². The number of hydrogen-bond acceptors (Lipinski definition) is 0. The first-order valence-corrected chi connectivity index (χ1v) is 5.09. The molecule has 0 aliphatic rings. The fourth-order valence-electron chi connectivity index (χ4n) is 1.36. The highest BCUT2D eigenvalue weighted by molar-refractivity contribution is 5.25. The molecular weight excluding hydrogens is 156 g/mol. The number of aryl methyl sites for hydroxylation is 1. The van der Waals surface area contributed by atoms with Crippen LogP contribution in [0, 0.1) is 0 Å². The molecule has 0 N–H and O–H groups in total. The molecule has 0 aliphatic carbocycles. The van der Waals surface area contributed by atoms with E-state index in [-0.39, 0.29) is 0 Å². The number of rotatable bonds is 4. The minimum Gasteiger partial charge on any atom is -0.0885 e. The Kier molecular flexibility index (Phi) is 4.31. The number of allylic oxidation sites excluding steroid dienone is 2. The predicted molar refractivity (Wildman–Crippen MR) is 59.0 cm³/mol. The lowest BCUT2D eigenvalue weighted by Crippen LogP contribution is -1.84. The van der Waals surface area contributed by atoms with Crippen LogP contribution in [0.3, 0.4) is 0 Å². The second kappa shape index (κ2) is 5.58. The highest BCUT2D eigenvalue weighted by Crippen LogP contribution is 2.07. The third-order valence-electron chi connectivity index (χ3n) is 2.16. The van der Waals surface area contributed by atoms with Crippen molar-refractivity contribution in [2.24, 2.45) is 0 Å². The van der Waals surface area contributed by atoms with Gasteiger partial charge in [-0.25, -0.2) is 0 Å². The first kappa shape index (κ1) is 10.0.